The molecule has 0 spiro atoms. The van der Waals surface area contributed by atoms with E-state index in [0.29, 0.717) is 0 Å². The summed E-state index contributed by atoms with van der Waals surface area (Å²) >= 11 is 0. The lowest BCUT2D eigenvalue weighted by Crippen LogP contribution is -2.19. The molecule has 1 aliphatic carbocycles. The maximum atomic E-state index is 2.49. The Bertz CT molecular complexity index is 188. The molecule has 0 nitrogen and oxygen atoms in total. The highest BCUT2D eigenvalue weighted by molar-refractivity contribution is 5.08. The van der Waals surface area contributed by atoms with Gasteiger partial charge in [-0.25, -0.2) is 0 Å². The highest BCUT2D eigenvalue weighted by atomic mass is 14.3. The van der Waals surface area contributed by atoms with Crippen LogP contribution in [0.15, 0.2) is 11.6 Å². The first-order valence-corrected chi connectivity index (χ1v) is 6.31. The fourth-order valence-corrected chi connectivity index (χ4v) is 2.49. The van der Waals surface area contributed by atoms with Crippen molar-refractivity contribution < 1.29 is 0 Å². The van der Waals surface area contributed by atoms with Gasteiger partial charge in [0.2, 0.25) is 0 Å². The molecule has 0 saturated carbocycles. The van der Waals surface area contributed by atoms with E-state index in [9.17, 15) is 0 Å². The van der Waals surface area contributed by atoms with Crippen molar-refractivity contribution in [2.75, 3.05) is 0 Å². The Morgan fingerprint density at radius 2 is 2.14 bits per heavy atom. The van der Waals surface area contributed by atoms with E-state index in [-0.39, 0.29) is 0 Å². The molecule has 0 radical (unpaired) electrons. The summed E-state index contributed by atoms with van der Waals surface area (Å²) in [6, 6.07) is 0. The van der Waals surface area contributed by atoms with Gasteiger partial charge in [0.25, 0.3) is 0 Å². The molecule has 0 unspecified atom stereocenters. The van der Waals surface area contributed by atoms with Gasteiger partial charge in [-0.15, -0.1) is 0 Å². The maximum absolute atomic E-state index is 2.49. The molecule has 82 valence electrons. The molecule has 0 aromatic heterocycles. The third-order valence-corrected chi connectivity index (χ3v) is 3.82. The zero-order chi connectivity index (χ0) is 10.6. The molecule has 1 rings (SSSR count). The monoisotopic (exact) mass is 194 g/mol. The lowest BCUT2D eigenvalue weighted by Gasteiger charge is -2.31. The van der Waals surface area contributed by atoms with Gasteiger partial charge in [-0.2, -0.15) is 0 Å². The van der Waals surface area contributed by atoms with Crippen LogP contribution in [-0.4, -0.2) is 0 Å². The van der Waals surface area contributed by atoms with Crippen molar-refractivity contribution in [2.45, 2.75) is 59.8 Å². The quantitative estimate of drug-likeness (QED) is 0.564. The van der Waals surface area contributed by atoms with E-state index in [2.05, 4.69) is 33.8 Å². The van der Waals surface area contributed by atoms with Crippen molar-refractivity contribution in [3.8, 4) is 0 Å². The second-order valence-corrected chi connectivity index (χ2v) is 5.26. The molecular weight excluding hydrogens is 168 g/mol. The molecule has 0 aromatic carbocycles. The van der Waals surface area contributed by atoms with Gasteiger partial charge < -0.3 is 0 Å². The summed E-state index contributed by atoms with van der Waals surface area (Å²) in [7, 11) is 0. The summed E-state index contributed by atoms with van der Waals surface area (Å²) < 4.78 is 0. The van der Waals surface area contributed by atoms with E-state index in [0.717, 1.165) is 17.8 Å². The predicted octanol–water partition coefficient (Wildman–Crippen LogP) is 4.81. The first-order valence-electron chi connectivity index (χ1n) is 6.31. The van der Waals surface area contributed by atoms with E-state index >= 15 is 0 Å². The Kier molecular flexibility index (Phi) is 4.71. The molecule has 0 heteroatoms. The summed E-state index contributed by atoms with van der Waals surface area (Å²) in [6.07, 6.45) is 9.43. The normalized spacial score (nSPS) is 27.9. The summed E-state index contributed by atoms with van der Waals surface area (Å²) in [5.41, 5.74) is 1.66. The Morgan fingerprint density at radius 3 is 2.71 bits per heavy atom. The summed E-state index contributed by atoms with van der Waals surface area (Å²) in [5.74, 6) is 2.71. The SMILES string of the molecule is CCCC[C@@H]1C[C@@H](C(C)C)CC=C1C. The van der Waals surface area contributed by atoms with Gasteiger partial charge in [0.1, 0.15) is 0 Å². The topological polar surface area (TPSA) is 0 Å². The summed E-state index contributed by atoms with van der Waals surface area (Å²) in [6.45, 7) is 9.37. The fourth-order valence-electron chi connectivity index (χ4n) is 2.49. The van der Waals surface area contributed by atoms with Crippen LogP contribution in [0.4, 0.5) is 0 Å². The van der Waals surface area contributed by atoms with E-state index in [1.165, 1.54) is 32.1 Å². The minimum Gasteiger partial charge on any atom is -0.0850 e. The molecule has 0 amide bonds. The number of allylic oxidation sites excluding steroid dienone is 2. The molecular formula is C14H26. The summed E-state index contributed by atoms with van der Waals surface area (Å²) in [5, 5.41) is 0. The van der Waals surface area contributed by atoms with Gasteiger partial charge in [0, 0.05) is 0 Å². The van der Waals surface area contributed by atoms with Gasteiger partial charge in [-0.05, 0) is 43.9 Å². The third-order valence-electron chi connectivity index (χ3n) is 3.82. The van der Waals surface area contributed by atoms with Gasteiger partial charge in [0.15, 0.2) is 0 Å². The zero-order valence-corrected chi connectivity index (χ0v) is 10.3. The Hall–Kier alpha value is -0.260. The van der Waals surface area contributed by atoms with Gasteiger partial charge in [0.05, 0.1) is 0 Å². The molecule has 0 fully saturated rings. The van der Waals surface area contributed by atoms with Crippen molar-refractivity contribution >= 4 is 0 Å². The van der Waals surface area contributed by atoms with Crippen LogP contribution in [0, 0.1) is 17.8 Å². The van der Waals surface area contributed by atoms with Crippen LogP contribution >= 0.6 is 0 Å². The predicted molar refractivity (Wildman–Crippen MR) is 64.3 cm³/mol. The van der Waals surface area contributed by atoms with Crippen molar-refractivity contribution in [3.05, 3.63) is 11.6 Å². The molecule has 0 saturated heterocycles. The van der Waals surface area contributed by atoms with Gasteiger partial charge >= 0.3 is 0 Å². The van der Waals surface area contributed by atoms with Crippen molar-refractivity contribution in [3.63, 3.8) is 0 Å². The van der Waals surface area contributed by atoms with Gasteiger partial charge in [-0.3, -0.25) is 0 Å². The molecule has 0 aliphatic heterocycles. The minimum absolute atomic E-state index is 0.864. The second-order valence-electron chi connectivity index (χ2n) is 5.26. The lowest BCUT2D eigenvalue weighted by molar-refractivity contribution is 0.289. The van der Waals surface area contributed by atoms with Crippen LogP contribution in [-0.2, 0) is 0 Å². The second kappa shape index (κ2) is 5.58. The average Bonchev–Trinajstić information content (AvgIpc) is 2.16. The lowest BCUT2D eigenvalue weighted by atomic mass is 9.75. The summed E-state index contributed by atoms with van der Waals surface area (Å²) in [4.78, 5) is 0. The highest BCUT2D eigenvalue weighted by Crippen LogP contribution is 2.35. The molecule has 0 aromatic rings. The smallest absolute Gasteiger partial charge is 0.0203 e. The Balaban J connectivity index is 2.49. The standard InChI is InChI=1S/C14H26/c1-5-6-7-14-10-13(11(2)3)9-8-12(14)4/h8,11,13-14H,5-7,9-10H2,1-4H3/t13-,14+/m0/s1. The average molecular weight is 194 g/mol. The largest absolute Gasteiger partial charge is 0.0850 e. The zero-order valence-electron chi connectivity index (χ0n) is 10.3. The van der Waals surface area contributed by atoms with Crippen LogP contribution in [0.1, 0.15) is 59.8 Å². The van der Waals surface area contributed by atoms with E-state index in [1.54, 1.807) is 5.57 Å². The van der Waals surface area contributed by atoms with Crippen LogP contribution in [0.2, 0.25) is 0 Å². The number of hydrogen-bond donors (Lipinski definition) is 0. The highest BCUT2D eigenvalue weighted by Gasteiger charge is 2.23. The van der Waals surface area contributed by atoms with E-state index in [4.69, 9.17) is 0 Å². The van der Waals surface area contributed by atoms with E-state index in [1.807, 2.05) is 0 Å². The number of hydrogen-bond acceptors (Lipinski definition) is 0. The minimum atomic E-state index is 0.864. The van der Waals surface area contributed by atoms with Crippen molar-refractivity contribution in [1.82, 2.24) is 0 Å². The number of unbranched alkanes of at least 4 members (excludes halogenated alkanes) is 1. The molecule has 0 N–H and O–H groups in total. The van der Waals surface area contributed by atoms with E-state index < -0.39 is 0 Å². The van der Waals surface area contributed by atoms with Crippen molar-refractivity contribution in [2.24, 2.45) is 17.8 Å². The van der Waals surface area contributed by atoms with Crippen LogP contribution in [0.3, 0.4) is 0 Å². The third kappa shape index (κ3) is 3.15. The van der Waals surface area contributed by atoms with Crippen LogP contribution < -0.4 is 0 Å². The molecule has 1 aliphatic rings. The molecule has 14 heavy (non-hydrogen) atoms. The van der Waals surface area contributed by atoms with Gasteiger partial charge in [-0.1, -0.05) is 45.3 Å². The fraction of sp³-hybridized carbons (Fsp3) is 0.857. The Labute approximate surface area is 89.8 Å². The first kappa shape index (κ1) is 11.8. The molecule has 0 heterocycles. The molecule has 2 atom stereocenters. The first-order chi connectivity index (χ1) is 6.65. The molecule has 0 bridgehead atoms. The van der Waals surface area contributed by atoms with Crippen LogP contribution in [0.25, 0.3) is 0 Å². The van der Waals surface area contributed by atoms with Crippen molar-refractivity contribution in [1.29, 1.82) is 0 Å². The maximum Gasteiger partial charge on any atom is -0.0203 e. The van der Waals surface area contributed by atoms with Crippen LogP contribution in [0.5, 0.6) is 0 Å². The Morgan fingerprint density at radius 1 is 1.43 bits per heavy atom. The number of rotatable bonds is 4.